The van der Waals surface area contributed by atoms with Crippen LogP contribution in [0.25, 0.3) is 42.8 Å². The van der Waals surface area contributed by atoms with Gasteiger partial charge in [0, 0.05) is 46.1 Å². The Morgan fingerprint density at radius 2 is 1.74 bits per heavy atom. The number of halogens is 1. The number of carbonyl (C=O) groups excluding carboxylic acids is 1. The molecule has 12 heteroatoms. The molecule has 0 radical (unpaired) electrons. The van der Waals surface area contributed by atoms with Gasteiger partial charge in [0.25, 0.3) is 0 Å². The van der Waals surface area contributed by atoms with Crippen LogP contribution < -0.4 is 0 Å². The average molecular weight is 735 g/mol. The highest BCUT2D eigenvalue weighted by Crippen LogP contribution is 2.45. The molecule has 4 heterocycles. The Kier molecular flexibility index (Phi) is 9.34. The van der Waals surface area contributed by atoms with E-state index in [0.29, 0.717) is 10.9 Å². The summed E-state index contributed by atoms with van der Waals surface area (Å²) in [6.45, 7) is 11.6. The van der Waals surface area contributed by atoms with Gasteiger partial charge < -0.3 is 9.47 Å². The Morgan fingerprint density at radius 1 is 1.06 bits per heavy atom. The largest absolute Gasteiger partial charge is 0.464 e. The molecule has 0 spiro atoms. The first kappa shape index (κ1) is 35.1. The second-order valence-electron chi connectivity index (χ2n) is 14.5. The number of likely N-dealkylation sites (tertiary alicyclic amines) is 1. The molecule has 0 N–H and O–H groups in total. The van der Waals surface area contributed by atoms with Crippen molar-refractivity contribution in [2.24, 2.45) is 7.05 Å². The third-order valence-corrected chi connectivity index (χ3v) is 12.9. The highest BCUT2D eigenvalue weighted by molar-refractivity contribution is 7.92. The lowest BCUT2D eigenvalue weighted by Gasteiger charge is -2.41. The number of nitrogens with zero attached hydrogens (tertiary/aromatic N) is 4. The Labute approximate surface area is 302 Å². The summed E-state index contributed by atoms with van der Waals surface area (Å²) in [5, 5.41) is 7.61. The van der Waals surface area contributed by atoms with E-state index in [0.717, 1.165) is 85.6 Å². The van der Waals surface area contributed by atoms with E-state index in [-0.39, 0.29) is 24.2 Å². The van der Waals surface area contributed by atoms with E-state index < -0.39 is 27.5 Å². The lowest BCUT2D eigenvalue weighted by Crippen LogP contribution is -2.55. The second kappa shape index (κ2) is 13.3. The molecule has 0 amide bonds. The number of esters is 1. The molecular formula is C38H43ClN4O5S2. The summed E-state index contributed by atoms with van der Waals surface area (Å²) in [5.74, 6) is 0.428. The van der Waals surface area contributed by atoms with Gasteiger partial charge in [-0.2, -0.15) is 5.10 Å². The van der Waals surface area contributed by atoms with Crippen molar-refractivity contribution >= 4 is 59.9 Å². The number of piperidine rings is 1. The maximum absolute atomic E-state index is 13.5. The first-order valence-corrected chi connectivity index (χ1v) is 20.2. The predicted molar refractivity (Wildman–Crippen MR) is 201 cm³/mol. The van der Waals surface area contributed by atoms with Gasteiger partial charge in [-0.1, -0.05) is 23.7 Å². The van der Waals surface area contributed by atoms with Gasteiger partial charge in [-0.25, -0.2) is 18.2 Å². The van der Waals surface area contributed by atoms with E-state index >= 15 is 0 Å². The summed E-state index contributed by atoms with van der Waals surface area (Å²) in [5.41, 5.74) is 6.83. The highest BCUT2D eigenvalue weighted by atomic mass is 35.5. The number of aryl methyl sites for hydroxylation is 2. The molecule has 7 rings (SSSR count). The third kappa shape index (κ3) is 6.82. The number of benzene rings is 3. The maximum Gasteiger partial charge on any atom is 0.339 e. The van der Waals surface area contributed by atoms with Crippen molar-refractivity contribution < 1.29 is 22.7 Å². The molecule has 2 aliphatic rings. The van der Waals surface area contributed by atoms with Crippen molar-refractivity contribution in [2.75, 3.05) is 31.2 Å². The van der Waals surface area contributed by atoms with Gasteiger partial charge in [-0.05, 0) is 108 Å². The summed E-state index contributed by atoms with van der Waals surface area (Å²) in [6, 6.07) is 16.3. The molecule has 9 nitrogen and oxygen atoms in total. The predicted octanol–water partition coefficient (Wildman–Crippen LogP) is 7.87. The van der Waals surface area contributed by atoms with E-state index in [2.05, 4.69) is 23.1 Å². The molecule has 2 saturated heterocycles. The number of fused-ring (bicyclic) bond motifs is 2. The number of sulfone groups is 1. The fourth-order valence-electron chi connectivity index (χ4n) is 7.39. The minimum Gasteiger partial charge on any atom is -0.464 e. The van der Waals surface area contributed by atoms with Gasteiger partial charge in [0.15, 0.2) is 15.9 Å². The normalized spacial score (nSPS) is 18.1. The fourth-order valence-corrected chi connectivity index (χ4v) is 10.1. The fraction of sp³-hybridized carbons (Fsp3) is 0.447. The molecule has 50 heavy (non-hydrogen) atoms. The molecule has 264 valence electrons. The van der Waals surface area contributed by atoms with E-state index in [1.54, 1.807) is 18.3 Å². The summed E-state index contributed by atoms with van der Waals surface area (Å²) < 4.78 is 38.5. The molecule has 3 aromatic carbocycles. The molecule has 2 aromatic heterocycles. The van der Waals surface area contributed by atoms with Crippen molar-refractivity contribution in [3.05, 3.63) is 70.4 Å². The number of hydrogen-bond donors (Lipinski definition) is 0. The summed E-state index contributed by atoms with van der Waals surface area (Å²) in [6.07, 6.45) is 0.947. The van der Waals surface area contributed by atoms with E-state index in [1.165, 1.54) is 0 Å². The van der Waals surface area contributed by atoms with Crippen molar-refractivity contribution in [3.63, 3.8) is 0 Å². The minimum absolute atomic E-state index is 0.154. The van der Waals surface area contributed by atoms with Crippen LogP contribution >= 0.6 is 22.9 Å². The van der Waals surface area contributed by atoms with Crippen molar-refractivity contribution in [1.82, 2.24) is 19.7 Å². The first-order valence-electron chi connectivity index (χ1n) is 17.2. The standard InChI is InChI=1S/C38H43ClN4O5S2/c1-7-47-37(44)34(48-38(3,4)5)31-22(2)18-29-35(32(31)23-8-11-26(39)12-9-23)49-36(40-29)25-10-13-30-28(19-25)33(41-42(30)6)24-14-16-43(17-15-24)27-20-50(45,46)21-27/h8-13,18-19,24,27,34H,7,14-17,20-21H2,1-6H3/t34-/m0/s1. The molecule has 2 fully saturated rings. The number of aromatic nitrogens is 3. The van der Waals surface area contributed by atoms with Gasteiger partial charge in [0.05, 0.1) is 45.1 Å². The summed E-state index contributed by atoms with van der Waals surface area (Å²) >= 11 is 7.93. The number of carbonyl (C=O) groups is 1. The topological polar surface area (TPSA) is 104 Å². The Balaban J connectivity index is 1.30. The number of thiazole rings is 1. The van der Waals surface area contributed by atoms with Gasteiger partial charge in [0.2, 0.25) is 0 Å². The number of ether oxygens (including phenoxy) is 2. The zero-order valence-electron chi connectivity index (χ0n) is 29.3. The van der Waals surface area contributed by atoms with Gasteiger partial charge >= 0.3 is 5.97 Å². The molecule has 0 saturated carbocycles. The van der Waals surface area contributed by atoms with Crippen molar-refractivity contribution in [3.8, 4) is 21.7 Å². The van der Waals surface area contributed by atoms with Crippen molar-refractivity contribution in [2.45, 2.75) is 71.1 Å². The van der Waals surface area contributed by atoms with Crippen LogP contribution in [0.2, 0.25) is 5.02 Å². The van der Waals surface area contributed by atoms with Crippen LogP contribution in [-0.4, -0.2) is 76.9 Å². The Hall–Kier alpha value is -3.35. The first-order chi connectivity index (χ1) is 23.7. The molecule has 5 aromatic rings. The smallest absolute Gasteiger partial charge is 0.339 e. The Morgan fingerprint density at radius 3 is 2.38 bits per heavy atom. The molecule has 0 aliphatic carbocycles. The lowest BCUT2D eigenvalue weighted by atomic mass is 9.90. The van der Waals surface area contributed by atoms with Crippen LogP contribution in [0.5, 0.6) is 0 Å². The van der Waals surface area contributed by atoms with E-state index in [9.17, 15) is 13.2 Å². The van der Waals surface area contributed by atoms with Gasteiger partial charge in [-0.3, -0.25) is 9.58 Å². The highest BCUT2D eigenvalue weighted by Gasteiger charge is 2.39. The van der Waals surface area contributed by atoms with Crippen LogP contribution in [0, 0.1) is 6.92 Å². The average Bonchev–Trinajstić information content (AvgIpc) is 3.62. The zero-order valence-corrected chi connectivity index (χ0v) is 31.7. The number of rotatable bonds is 8. The monoisotopic (exact) mass is 734 g/mol. The van der Waals surface area contributed by atoms with Crippen LogP contribution in [0.3, 0.4) is 0 Å². The molecule has 1 atom stereocenters. The van der Waals surface area contributed by atoms with Crippen molar-refractivity contribution in [1.29, 1.82) is 0 Å². The summed E-state index contributed by atoms with van der Waals surface area (Å²) in [4.78, 5) is 21.0. The van der Waals surface area contributed by atoms with Gasteiger partial charge in [-0.15, -0.1) is 11.3 Å². The summed E-state index contributed by atoms with van der Waals surface area (Å²) in [7, 11) is -0.864. The van der Waals surface area contributed by atoms with Gasteiger partial charge in [0.1, 0.15) is 5.01 Å². The van der Waals surface area contributed by atoms with Crippen LogP contribution in [0.1, 0.15) is 69.4 Å². The lowest BCUT2D eigenvalue weighted by molar-refractivity contribution is -0.166. The third-order valence-electron chi connectivity index (χ3n) is 9.75. The Bertz CT molecular complexity index is 2180. The second-order valence-corrected chi connectivity index (χ2v) is 18.1. The van der Waals surface area contributed by atoms with Crippen LogP contribution in [0.15, 0.2) is 48.5 Å². The van der Waals surface area contributed by atoms with E-state index in [1.807, 2.05) is 69.8 Å². The molecule has 0 bridgehead atoms. The zero-order chi connectivity index (χ0) is 35.5. The van der Waals surface area contributed by atoms with E-state index in [4.69, 9.17) is 31.2 Å². The molecule has 0 unspecified atom stereocenters. The minimum atomic E-state index is -2.85. The van der Waals surface area contributed by atoms with Crippen LogP contribution in [0.4, 0.5) is 0 Å². The maximum atomic E-state index is 13.5. The molecular weight excluding hydrogens is 692 g/mol. The molecule has 2 aliphatic heterocycles. The number of hydrogen-bond acceptors (Lipinski definition) is 9. The SMILES string of the molecule is CCOC(=O)[C@@H](OC(C)(C)C)c1c(C)cc2nc(-c3ccc4c(c3)c(C3CCN(C5CS(=O)(=O)C5)CC3)nn4C)sc2c1-c1ccc(Cl)cc1. The van der Waals surface area contributed by atoms with Crippen LogP contribution in [-0.2, 0) is 31.2 Å². The quantitative estimate of drug-likeness (QED) is 0.149.